The number of anilines is 2. The Kier molecular flexibility index (Phi) is 8.65. The predicted octanol–water partition coefficient (Wildman–Crippen LogP) is 5.34. The van der Waals surface area contributed by atoms with Gasteiger partial charge >= 0.3 is 12.2 Å². The number of fused-ring (bicyclic) bond motifs is 1. The Hall–Kier alpha value is -3.71. The average Bonchev–Trinajstić information content (AvgIpc) is 3.26. The third-order valence-electron chi connectivity index (χ3n) is 8.29. The Morgan fingerprint density at radius 1 is 1.20 bits per heavy atom. The molecule has 2 aliphatic heterocycles. The number of rotatable bonds is 6. The van der Waals surface area contributed by atoms with Gasteiger partial charge in [-0.15, -0.1) is 0 Å². The molecule has 1 unspecified atom stereocenters. The number of piperazine rings is 1. The second-order valence-corrected chi connectivity index (χ2v) is 12.0. The van der Waals surface area contributed by atoms with E-state index in [1.807, 2.05) is 18.9 Å². The molecule has 3 atom stereocenters. The number of carbonyl (C=O) groups is 1. The summed E-state index contributed by atoms with van der Waals surface area (Å²) in [7, 11) is 1.99. The maximum atomic E-state index is 16.6. The van der Waals surface area contributed by atoms with Crippen molar-refractivity contribution in [3.05, 3.63) is 46.8 Å². The first-order chi connectivity index (χ1) is 20.7. The summed E-state index contributed by atoms with van der Waals surface area (Å²) in [4.78, 5) is 30.8. The van der Waals surface area contributed by atoms with Crippen molar-refractivity contribution in [2.24, 2.45) is 5.92 Å². The highest BCUT2D eigenvalue weighted by atomic mass is 35.5. The third kappa shape index (κ3) is 5.99. The van der Waals surface area contributed by atoms with Crippen LogP contribution in [0.4, 0.5) is 29.2 Å². The SMILES string of the molecule is C=CC(=O)N1CCN(c2nc(OC[C@@H]3CC(C)CN3C)nc3c(F)c(-c4nc(N)cc(C)c4C(F)(F)F)c(Cl)cc23)[C@@H](C)C1. The number of likely N-dealkylation sites (N-methyl/N-ethyl adjacent to an activating group) is 1. The number of nitrogens with zero attached hydrogens (tertiary/aromatic N) is 6. The summed E-state index contributed by atoms with van der Waals surface area (Å²) >= 11 is 6.55. The smallest absolute Gasteiger partial charge is 0.418 e. The molecule has 0 aliphatic carbocycles. The second kappa shape index (κ2) is 12.0. The zero-order valence-electron chi connectivity index (χ0n) is 24.9. The number of halogens is 5. The first-order valence-electron chi connectivity index (χ1n) is 14.2. The minimum absolute atomic E-state index is 0.0829. The molecule has 14 heteroatoms. The monoisotopic (exact) mass is 635 g/mol. The Labute approximate surface area is 257 Å². The molecular weight excluding hydrogens is 602 g/mol. The standard InChI is InChI=1S/C30H34ClF4N7O2/c1-6-22(43)41-7-8-42(17(4)13-41)28-19-11-20(31)23(27-24(30(33,34)35)16(3)10-21(36)37-27)25(32)26(19)38-29(39-28)44-14-18-9-15(2)12-40(18)5/h6,10-11,15,17-18H,1,7-9,12-14H2,2-5H3,(H2,36,37)/t15?,17-,18-/m0/s1. The molecule has 2 fully saturated rings. The van der Waals surface area contributed by atoms with Crippen LogP contribution >= 0.6 is 11.6 Å². The number of carbonyl (C=O) groups excluding carboxylic acids is 1. The molecule has 9 nitrogen and oxygen atoms in total. The molecule has 236 valence electrons. The number of hydrogen-bond acceptors (Lipinski definition) is 8. The lowest BCUT2D eigenvalue weighted by Crippen LogP contribution is -2.53. The van der Waals surface area contributed by atoms with Gasteiger partial charge in [-0.05, 0) is 57.0 Å². The molecule has 44 heavy (non-hydrogen) atoms. The summed E-state index contributed by atoms with van der Waals surface area (Å²) in [6, 6.07) is 2.10. The lowest BCUT2D eigenvalue weighted by Gasteiger charge is -2.40. The first-order valence-corrected chi connectivity index (χ1v) is 14.6. The van der Waals surface area contributed by atoms with Crippen molar-refractivity contribution in [1.82, 2.24) is 24.8 Å². The van der Waals surface area contributed by atoms with Crippen LogP contribution < -0.4 is 15.4 Å². The Morgan fingerprint density at radius 2 is 1.93 bits per heavy atom. The second-order valence-electron chi connectivity index (χ2n) is 11.6. The van der Waals surface area contributed by atoms with Crippen LogP contribution in [0, 0.1) is 18.7 Å². The van der Waals surface area contributed by atoms with Gasteiger partial charge in [0.25, 0.3) is 0 Å². The van der Waals surface area contributed by atoms with Gasteiger partial charge < -0.3 is 20.3 Å². The molecule has 2 N–H and O–H groups in total. The van der Waals surface area contributed by atoms with E-state index in [-0.39, 0.29) is 63.7 Å². The van der Waals surface area contributed by atoms with Crippen molar-refractivity contribution in [1.29, 1.82) is 0 Å². The van der Waals surface area contributed by atoms with E-state index in [9.17, 15) is 18.0 Å². The van der Waals surface area contributed by atoms with E-state index >= 15 is 4.39 Å². The number of alkyl halides is 3. The quantitative estimate of drug-likeness (QED) is 0.286. The van der Waals surface area contributed by atoms with Gasteiger partial charge in [-0.25, -0.2) is 9.37 Å². The van der Waals surface area contributed by atoms with E-state index in [4.69, 9.17) is 22.1 Å². The van der Waals surface area contributed by atoms with E-state index < -0.39 is 28.8 Å². The van der Waals surface area contributed by atoms with Crippen LogP contribution in [0.2, 0.25) is 5.02 Å². The van der Waals surface area contributed by atoms with Gasteiger partial charge in [-0.3, -0.25) is 9.69 Å². The number of likely N-dealkylation sites (tertiary alicyclic amines) is 1. The van der Waals surface area contributed by atoms with Gasteiger partial charge in [0.05, 0.1) is 21.8 Å². The zero-order chi connectivity index (χ0) is 32.1. The van der Waals surface area contributed by atoms with Crippen LogP contribution in [0.1, 0.15) is 31.4 Å². The summed E-state index contributed by atoms with van der Waals surface area (Å²) in [6.45, 7) is 11.0. The normalized spacial score (nSPS) is 21.2. The maximum Gasteiger partial charge on any atom is 0.418 e. The van der Waals surface area contributed by atoms with E-state index in [2.05, 4.69) is 33.4 Å². The molecule has 0 bridgehead atoms. The van der Waals surface area contributed by atoms with Gasteiger partial charge in [-0.2, -0.15) is 23.1 Å². The molecule has 2 saturated heterocycles. The minimum Gasteiger partial charge on any atom is -0.462 e. The van der Waals surface area contributed by atoms with Crippen molar-refractivity contribution in [3.8, 4) is 17.3 Å². The number of nitrogen functional groups attached to an aromatic ring is 1. The highest BCUT2D eigenvalue weighted by Gasteiger charge is 2.39. The number of benzene rings is 1. The lowest BCUT2D eigenvalue weighted by atomic mass is 9.99. The number of aryl methyl sites for hydroxylation is 1. The topological polar surface area (TPSA) is 101 Å². The Morgan fingerprint density at radius 3 is 2.55 bits per heavy atom. The highest BCUT2D eigenvalue weighted by Crippen LogP contribution is 2.44. The van der Waals surface area contributed by atoms with Crippen molar-refractivity contribution in [2.45, 2.75) is 45.5 Å². The molecule has 4 heterocycles. The van der Waals surface area contributed by atoms with Crippen molar-refractivity contribution < 1.29 is 27.1 Å². The highest BCUT2D eigenvalue weighted by molar-refractivity contribution is 6.34. The van der Waals surface area contributed by atoms with Gasteiger partial charge in [0.1, 0.15) is 23.8 Å². The van der Waals surface area contributed by atoms with E-state index in [1.54, 1.807) is 4.90 Å². The molecule has 1 amide bonds. The molecule has 3 aromatic rings. The molecule has 0 radical (unpaired) electrons. The van der Waals surface area contributed by atoms with Gasteiger partial charge in [0, 0.05) is 43.6 Å². The van der Waals surface area contributed by atoms with Crippen LogP contribution in [0.3, 0.4) is 0 Å². The van der Waals surface area contributed by atoms with Gasteiger partial charge in [-0.1, -0.05) is 25.1 Å². The molecule has 5 rings (SSSR count). The van der Waals surface area contributed by atoms with Crippen molar-refractivity contribution in [3.63, 3.8) is 0 Å². The van der Waals surface area contributed by atoms with Crippen LogP contribution in [0.15, 0.2) is 24.8 Å². The van der Waals surface area contributed by atoms with Crippen LogP contribution in [-0.4, -0.2) is 82.6 Å². The molecule has 0 spiro atoms. The van der Waals surface area contributed by atoms with E-state index in [0.29, 0.717) is 25.6 Å². The van der Waals surface area contributed by atoms with Crippen molar-refractivity contribution >= 4 is 40.0 Å². The molecule has 2 aliphatic rings. The number of pyridine rings is 1. The fraction of sp³-hybridized carbons (Fsp3) is 0.467. The zero-order valence-corrected chi connectivity index (χ0v) is 25.6. The van der Waals surface area contributed by atoms with Crippen LogP contribution in [0.25, 0.3) is 22.2 Å². The first kappa shape index (κ1) is 31.7. The van der Waals surface area contributed by atoms with E-state index in [0.717, 1.165) is 19.0 Å². The number of aromatic nitrogens is 3. The van der Waals surface area contributed by atoms with E-state index in [1.165, 1.54) is 19.1 Å². The average molecular weight is 636 g/mol. The molecule has 0 saturated carbocycles. The minimum atomic E-state index is -4.86. The number of nitrogens with two attached hydrogens (primary N) is 1. The summed E-state index contributed by atoms with van der Waals surface area (Å²) in [5, 5.41) is -0.133. The van der Waals surface area contributed by atoms with Crippen molar-refractivity contribution in [2.75, 3.05) is 50.5 Å². The van der Waals surface area contributed by atoms with Crippen LogP contribution in [-0.2, 0) is 11.0 Å². The third-order valence-corrected chi connectivity index (χ3v) is 8.59. The maximum absolute atomic E-state index is 16.6. The summed E-state index contributed by atoms with van der Waals surface area (Å²) in [6.07, 6.45) is -2.73. The largest absolute Gasteiger partial charge is 0.462 e. The number of hydrogen-bond donors (Lipinski definition) is 1. The summed E-state index contributed by atoms with van der Waals surface area (Å²) in [5.41, 5.74) is 2.87. The number of amides is 1. The summed E-state index contributed by atoms with van der Waals surface area (Å²) < 4.78 is 65.2. The predicted molar refractivity (Wildman–Crippen MR) is 161 cm³/mol. The van der Waals surface area contributed by atoms with Crippen LogP contribution in [0.5, 0.6) is 6.01 Å². The molecule has 2 aromatic heterocycles. The van der Waals surface area contributed by atoms with Gasteiger partial charge in [0.15, 0.2) is 5.82 Å². The molecule has 1 aromatic carbocycles. The number of ether oxygens (including phenoxy) is 1. The molecular formula is C30H34ClF4N7O2. The summed E-state index contributed by atoms with van der Waals surface area (Å²) in [5.74, 6) is -0.784. The Balaban J connectivity index is 1.67. The fourth-order valence-corrected chi connectivity index (χ4v) is 6.51. The van der Waals surface area contributed by atoms with Gasteiger partial charge in [0.2, 0.25) is 5.91 Å². The Bertz CT molecular complexity index is 1620. The lowest BCUT2D eigenvalue weighted by molar-refractivity contribution is -0.137. The fourth-order valence-electron chi connectivity index (χ4n) is 6.22.